The summed E-state index contributed by atoms with van der Waals surface area (Å²) in [6.45, 7) is 3.91. The van der Waals surface area contributed by atoms with Gasteiger partial charge in [-0.25, -0.2) is 0 Å². The zero-order valence-electron chi connectivity index (χ0n) is 18.3. The zero-order valence-corrected chi connectivity index (χ0v) is 18.3. The molecule has 0 aliphatic carbocycles. The van der Waals surface area contributed by atoms with Crippen molar-refractivity contribution in [1.29, 1.82) is 0 Å². The third kappa shape index (κ3) is 4.26. The fourth-order valence-corrected chi connectivity index (χ4v) is 4.94. The summed E-state index contributed by atoms with van der Waals surface area (Å²) in [7, 11) is 1.98. The van der Waals surface area contributed by atoms with E-state index in [4.69, 9.17) is 4.74 Å². The molecule has 0 bridgehead atoms. The normalized spacial score (nSPS) is 18.1. The molecular formula is C27H31N3O. The Bertz CT molecular complexity index is 987. The van der Waals surface area contributed by atoms with Crippen LogP contribution in [0.4, 0.5) is 17.1 Å². The van der Waals surface area contributed by atoms with Crippen molar-refractivity contribution in [3.63, 3.8) is 0 Å². The Balaban J connectivity index is 1.36. The molecule has 1 N–H and O–H groups in total. The van der Waals surface area contributed by atoms with Crippen LogP contribution in [0.2, 0.25) is 0 Å². The van der Waals surface area contributed by atoms with Gasteiger partial charge in [-0.2, -0.15) is 0 Å². The van der Waals surface area contributed by atoms with E-state index in [1.807, 2.05) is 7.05 Å². The second-order valence-corrected chi connectivity index (χ2v) is 8.53. The Hall–Kier alpha value is -2.98. The SMILES string of the molecule is CNc1cccc(CCN2CCC[C@@H]2CN2c3ccccc3COc3ccccc32)c1. The molecule has 3 aromatic rings. The standard InChI is InChI=1S/C27H31N3O/c1-28-23-10-6-8-21(18-23)15-17-29-16-7-11-24(29)19-30-25-12-3-2-9-22(25)20-31-27-14-5-4-13-26(27)30/h2-6,8-10,12-14,18,24,28H,7,11,15-17,19-20H2,1H3/t24-/m1/s1. The van der Waals surface area contributed by atoms with Gasteiger partial charge < -0.3 is 15.0 Å². The molecule has 1 atom stereocenters. The van der Waals surface area contributed by atoms with Crippen LogP contribution in [0.1, 0.15) is 24.0 Å². The van der Waals surface area contributed by atoms with Crippen LogP contribution in [0.5, 0.6) is 5.75 Å². The number of nitrogens with zero attached hydrogens (tertiary/aromatic N) is 2. The molecule has 31 heavy (non-hydrogen) atoms. The maximum atomic E-state index is 6.16. The Morgan fingerprint density at radius 3 is 2.71 bits per heavy atom. The molecule has 4 heteroatoms. The van der Waals surface area contributed by atoms with Crippen molar-refractivity contribution in [2.45, 2.75) is 31.9 Å². The summed E-state index contributed by atoms with van der Waals surface area (Å²) in [4.78, 5) is 5.17. The lowest BCUT2D eigenvalue weighted by Crippen LogP contribution is -2.39. The molecule has 1 saturated heterocycles. The van der Waals surface area contributed by atoms with E-state index in [-0.39, 0.29) is 0 Å². The minimum absolute atomic E-state index is 0.548. The molecule has 1 fully saturated rings. The average molecular weight is 414 g/mol. The van der Waals surface area contributed by atoms with Gasteiger partial charge in [-0.05, 0) is 61.7 Å². The maximum Gasteiger partial charge on any atom is 0.143 e. The number of rotatable bonds is 6. The molecule has 0 aromatic heterocycles. The van der Waals surface area contributed by atoms with Crippen LogP contribution in [-0.4, -0.2) is 37.6 Å². The van der Waals surface area contributed by atoms with Crippen LogP contribution in [0.25, 0.3) is 0 Å². The molecule has 0 radical (unpaired) electrons. The number of hydrogen-bond donors (Lipinski definition) is 1. The predicted molar refractivity (Wildman–Crippen MR) is 129 cm³/mol. The van der Waals surface area contributed by atoms with E-state index in [2.05, 4.69) is 87.9 Å². The molecule has 2 aliphatic rings. The molecule has 3 aromatic carbocycles. The first kappa shape index (κ1) is 20.0. The van der Waals surface area contributed by atoms with Gasteiger partial charge in [0.15, 0.2) is 0 Å². The molecule has 160 valence electrons. The second-order valence-electron chi connectivity index (χ2n) is 8.53. The van der Waals surface area contributed by atoms with Crippen LogP contribution in [0.3, 0.4) is 0 Å². The van der Waals surface area contributed by atoms with Gasteiger partial charge >= 0.3 is 0 Å². The second kappa shape index (κ2) is 9.03. The van der Waals surface area contributed by atoms with Crippen LogP contribution >= 0.6 is 0 Å². The fourth-order valence-electron chi connectivity index (χ4n) is 4.94. The minimum atomic E-state index is 0.548. The van der Waals surface area contributed by atoms with Crippen molar-refractivity contribution < 1.29 is 4.74 Å². The van der Waals surface area contributed by atoms with Crippen LogP contribution in [0.15, 0.2) is 72.8 Å². The first-order valence-electron chi connectivity index (χ1n) is 11.4. The van der Waals surface area contributed by atoms with Crippen molar-refractivity contribution in [2.24, 2.45) is 0 Å². The van der Waals surface area contributed by atoms with E-state index in [1.54, 1.807) is 0 Å². The molecule has 5 rings (SSSR count). The summed E-state index contributed by atoms with van der Waals surface area (Å²) < 4.78 is 6.16. The van der Waals surface area contributed by atoms with Crippen molar-refractivity contribution in [2.75, 3.05) is 36.9 Å². The van der Waals surface area contributed by atoms with Gasteiger partial charge in [-0.15, -0.1) is 0 Å². The van der Waals surface area contributed by atoms with E-state index in [1.165, 1.54) is 47.6 Å². The fraction of sp³-hybridized carbons (Fsp3) is 0.333. The summed E-state index contributed by atoms with van der Waals surface area (Å²) in [5.74, 6) is 0.979. The number of nitrogens with one attached hydrogen (secondary N) is 1. The summed E-state index contributed by atoms with van der Waals surface area (Å²) in [5, 5.41) is 3.25. The predicted octanol–water partition coefficient (Wildman–Crippen LogP) is 5.47. The largest absolute Gasteiger partial charge is 0.487 e. The number of hydrogen-bond acceptors (Lipinski definition) is 4. The number of anilines is 3. The van der Waals surface area contributed by atoms with Crippen molar-refractivity contribution in [1.82, 2.24) is 4.90 Å². The first-order valence-corrected chi connectivity index (χ1v) is 11.4. The Labute approximate surface area is 185 Å². The lowest BCUT2D eigenvalue weighted by molar-refractivity contribution is 0.261. The Morgan fingerprint density at radius 2 is 1.81 bits per heavy atom. The van der Waals surface area contributed by atoms with Gasteiger partial charge in [0, 0.05) is 43.1 Å². The van der Waals surface area contributed by atoms with Gasteiger partial charge in [-0.1, -0.05) is 42.5 Å². The molecule has 4 nitrogen and oxygen atoms in total. The van der Waals surface area contributed by atoms with Gasteiger partial charge in [0.2, 0.25) is 0 Å². The molecule has 0 unspecified atom stereocenters. The molecule has 0 saturated carbocycles. The smallest absolute Gasteiger partial charge is 0.143 e. The van der Waals surface area contributed by atoms with Crippen LogP contribution < -0.4 is 15.0 Å². The van der Waals surface area contributed by atoms with Gasteiger partial charge in [0.25, 0.3) is 0 Å². The quantitative estimate of drug-likeness (QED) is 0.580. The van der Waals surface area contributed by atoms with Gasteiger partial charge in [-0.3, -0.25) is 4.90 Å². The van der Waals surface area contributed by atoms with E-state index in [0.717, 1.165) is 25.3 Å². The van der Waals surface area contributed by atoms with Crippen molar-refractivity contribution in [3.05, 3.63) is 83.9 Å². The highest BCUT2D eigenvalue weighted by atomic mass is 16.5. The van der Waals surface area contributed by atoms with Crippen LogP contribution in [-0.2, 0) is 13.0 Å². The topological polar surface area (TPSA) is 27.7 Å². The van der Waals surface area contributed by atoms with E-state index in [0.29, 0.717) is 12.6 Å². The van der Waals surface area contributed by atoms with Crippen molar-refractivity contribution >= 4 is 17.1 Å². The molecule has 2 aliphatic heterocycles. The number of benzene rings is 3. The van der Waals surface area contributed by atoms with Crippen molar-refractivity contribution in [3.8, 4) is 5.75 Å². The average Bonchev–Trinajstić information content (AvgIpc) is 3.21. The zero-order chi connectivity index (χ0) is 21.0. The molecule has 2 heterocycles. The molecular weight excluding hydrogens is 382 g/mol. The maximum absolute atomic E-state index is 6.16. The number of ether oxygens (including phenoxy) is 1. The first-order chi connectivity index (χ1) is 15.3. The summed E-state index contributed by atoms with van der Waals surface area (Å²) >= 11 is 0. The van der Waals surface area contributed by atoms with E-state index >= 15 is 0 Å². The van der Waals surface area contributed by atoms with E-state index < -0.39 is 0 Å². The molecule has 0 spiro atoms. The Morgan fingerprint density at radius 1 is 0.968 bits per heavy atom. The number of likely N-dealkylation sites (tertiary alicyclic amines) is 1. The van der Waals surface area contributed by atoms with Gasteiger partial charge in [0.1, 0.15) is 12.4 Å². The monoisotopic (exact) mass is 413 g/mol. The highest BCUT2D eigenvalue weighted by Crippen LogP contribution is 2.40. The molecule has 0 amide bonds. The lowest BCUT2D eigenvalue weighted by atomic mass is 10.1. The Kier molecular flexibility index (Phi) is 5.81. The summed E-state index contributed by atoms with van der Waals surface area (Å²) in [6.07, 6.45) is 3.61. The van der Waals surface area contributed by atoms with Gasteiger partial charge in [0.05, 0.1) is 5.69 Å². The highest BCUT2D eigenvalue weighted by Gasteiger charge is 2.29. The van der Waals surface area contributed by atoms with Crippen LogP contribution in [0, 0.1) is 0 Å². The third-order valence-electron chi connectivity index (χ3n) is 6.62. The minimum Gasteiger partial charge on any atom is -0.487 e. The third-order valence-corrected chi connectivity index (χ3v) is 6.62. The lowest BCUT2D eigenvalue weighted by Gasteiger charge is -2.32. The van der Waals surface area contributed by atoms with E-state index in [9.17, 15) is 0 Å². The number of fused-ring (bicyclic) bond motifs is 2. The summed E-state index contributed by atoms with van der Waals surface area (Å²) in [5.41, 5.74) is 6.30. The number of para-hydroxylation sites is 3. The highest BCUT2D eigenvalue weighted by molar-refractivity contribution is 5.72. The summed E-state index contributed by atoms with van der Waals surface area (Å²) in [6, 6.07) is 26.5.